The predicted octanol–water partition coefficient (Wildman–Crippen LogP) is 2.98. The smallest absolute Gasteiger partial charge is 0.303 e. The second-order valence-electron chi connectivity index (χ2n) is 6.23. The average molecular weight is 375 g/mol. The number of carboxylic acid groups (broad SMARTS) is 1. The lowest BCUT2D eigenvalue weighted by Gasteiger charge is -2.12. The molecule has 0 radical (unpaired) electrons. The predicted molar refractivity (Wildman–Crippen MR) is 99.4 cm³/mol. The van der Waals surface area contributed by atoms with Gasteiger partial charge in [-0.2, -0.15) is 0 Å². The molecule has 0 spiro atoms. The molecule has 0 fully saturated rings. The first kappa shape index (κ1) is 19.7. The van der Waals surface area contributed by atoms with Crippen molar-refractivity contribution in [3.8, 4) is 0 Å². The van der Waals surface area contributed by atoms with Crippen LogP contribution < -0.4 is 5.32 Å². The van der Waals surface area contributed by atoms with Gasteiger partial charge in [0.15, 0.2) is 9.84 Å². The van der Waals surface area contributed by atoms with Crippen molar-refractivity contribution >= 4 is 27.4 Å². The minimum Gasteiger partial charge on any atom is -0.481 e. The lowest BCUT2D eigenvalue weighted by atomic mass is 10.0. The quantitative estimate of drug-likeness (QED) is 0.808. The Bertz CT molecular complexity index is 947. The van der Waals surface area contributed by atoms with E-state index in [-0.39, 0.29) is 11.3 Å². The summed E-state index contributed by atoms with van der Waals surface area (Å²) in [6, 6.07) is 9.83. The fourth-order valence-electron chi connectivity index (χ4n) is 2.48. The summed E-state index contributed by atoms with van der Waals surface area (Å²) in [7, 11) is -3.42. The highest BCUT2D eigenvalue weighted by Gasteiger charge is 2.17. The number of amides is 1. The number of hydrogen-bond donors (Lipinski definition) is 2. The van der Waals surface area contributed by atoms with Gasteiger partial charge in [0.2, 0.25) is 0 Å². The topological polar surface area (TPSA) is 101 Å². The van der Waals surface area contributed by atoms with Gasteiger partial charge in [0.25, 0.3) is 5.91 Å². The maximum Gasteiger partial charge on any atom is 0.303 e. The fourth-order valence-corrected chi connectivity index (χ4v) is 3.20. The molecule has 0 bridgehead atoms. The molecule has 6 nitrogen and oxygen atoms in total. The molecule has 2 N–H and O–H groups in total. The largest absolute Gasteiger partial charge is 0.481 e. The SMILES string of the molecule is Cc1cc(S(C)(=O)=O)cc(C(=O)Nc2ccc(CCC(=O)O)cc2)c1C. The second kappa shape index (κ2) is 7.70. The Labute approximate surface area is 152 Å². The van der Waals surface area contributed by atoms with E-state index in [2.05, 4.69) is 5.32 Å². The highest BCUT2D eigenvalue weighted by atomic mass is 32.2. The summed E-state index contributed by atoms with van der Waals surface area (Å²) in [5, 5.41) is 11.4. The zero-order valence-electron chi connectivity index (χ0n) is 14.9. The lowest BCUT2D eigenvalue weighted by Crippen LogP contribution is -2.15. The van der Waals surface area contributed by atoms with Gasteiger partial charge in [0.05, 0.1) is 4.90 Å². The first-order valence-corrected chi connectivity index (χ1v) is 9.90. The van der Waals surface area contributed by atoms with Gasteiger partial charge in [-0.1, -0.05) is 12.1 Å². The second-order valence-corrected chi connectivity index (χ2v) is 8.25. The summed E-state index contributed by atoms with van der Waals surface area (Å²) in [6.07, 6.45) is 1.56. The van der Waals surface area contributed by atoms with Crippen LogP contribution in [0.2, 0.25) is 0 Å². The molecule has 0 saturated carbocycles. The van der Waals surface area contributed by atoms with Gasteiger partial charge in [-0.3, -0.25) is 9.59 Å². The van der Waals surface area contributed by atoms with E-state index in [0.717, 1.165) is 17.4 Å². The van der Waals surface area contributed by atoms with Crippen molar-refractivity contribution in [2.75, 3.05) is 11.6 Å². The average Bonchev–Trinajstić information content (AvgIpc) is 2.55. The summed E-state index contributed by atoms with van der Waals surface area (Å²) < 4.78 is 23.6. The summed E-state index contributed by atoms with van der Waals surface area (Å²) in [5.41, 5.74) is 3.16. The zero-order chi connectivity index (χ0) is 19.5. The number of benzene rings is 2. The van der Waals surface area contributed by atoms with E-state index in [1.54, 1.807) is 44.2 Å². The summed E-state index contributed by atoms with van der Waals surface area (Å²) in [6.45, 7) is 3.53. The number of carbonyl (C=O) groups excluding carboxylic acids is 1. The minimum absolute atomic E-state index is 0.0441. The monoisotopic (exact) mass is 375 g/mol. The summed E-state index contributed by atoms with van der Waals surface area (Å²) >= 11 is 0. The maximum atomic E-state index is 12.6. The van der Waals surface area contributed by atoms with E-state index >= 15 is 0 Å². The first-order chi connectivity index (χ1) is 12.1. The summed E-state index contributed by atoms with van der Waals surface area (Å²) in [5.74, 6) is -1.26. The van der Waals surface area contributed by atoms with Crippen LogP contribution in [0.4, 0.5) is 5.69 Å². The number of anilines is 1. The Hall–Kier alpha value is -2.67. The van der Waals surface area contributed by atoms with Gasteiger partial charge in [-0.25, -0.2) is 8.42 Å². The molecule has 0 aromatic heterocycles. The van der Waals surface area contributed by atoms with Crippen molar-refractivity contribution in [2.45, 2.75) is 31.6 Å². The number of hydrogen-bond acceptors (Lipinski definition) is 4. The molecule has 0 aliphatic carbocycles. The van der Waals surface area contributed by atoms with Crippen LogP contribution in [-0.2, 0) is 21.1 Å². The molecule has 0 saturated heterocycles. The van der Waals surface area contributed by atoms with Crippen molar-refractivity contribution in [2.24, 2.45) is 0 Å². The third-order valence-corrected chi connectivity index (χ3v) is 5.25. The van der Waals surface area contributed by atoms with Gasteiger partial charge < -0.3 is 10.4 Å². The molecule has 2 aromatic rings. The van der Waals surface area contributed by atoms with Crippen LogP contribution in [0.15, 0.2) is 41.3 Å². The van der Waals surface area contributed by atoms with Crippen molar-refractivity contribution in [3.05, 3.63) is 58.7 Å². The van der Waals surface area contributed by atoms with E-state index in [1.807, 2.05) is 0 Å². The molecule has 0 aliphatic heterocycles. The van der Waals surface area contributed by atoms with Crippen LogP contribution >= 0.6 is 0 Å². The molecule has 2 aromatic carbocycles. The van der Waals surface area contributed by atoms with E-state index in [0.29, 0.717) is 23.2 Å². The minimum atomic E-state index is -3.42. The van der Waals surface area contributed by atoms with Crippen LogP contribution in [-0.4, -0.2) is 31.7 Å². The highest BCUT2D eigenvalue weighted by Crippen LogP contribution is 2.21. The van der Waals surface area contributed by atoms with Crippen LogP contribution in [0.5, 0.6) is 0 Å². The number of carboxylic acids is 1. The van der Waals surface area contributed by atoms with Crippen molar-refractivity contribution in [1.82, 2.24) is 0 Å². The lowest BCUT2D eigenvalue weighted by molar-refractivity contribution is -0.136. The third kappa shape index (κ3) is 4.92. The Morgan fingerprint density at radius 3 is 2.23 bits per heavy atom. The van der Waals surface area contributed by atoms with Crippen molar-refractivity contribution in [3.63, 3.8) is 0 Å². The Kier molecular flexibility index (Phi) is 5.82. The molecular weight excluding hydrogens is 354 g/mol. The van der Waals surface area contributed by atoms with Gasteiger partial charge in [0, 0.05) is 23.9 Å². The van der Waals surface area contributed by atoms with Gasteiger partial charge in [0.1, 0.15) is 0 Å². The number of nitrogens with one attached hydrogen (secondary N) is 1. The highest BCUT2D eigenvalue weighted by molar-refractivity contribution is 7.90. The zero-order valence-corrected chi connectivity index (χ0v) is 15.7. The van der Waals surface area contributed by atoms with Crippen molar-refractivity contribution < 1.29 is 23.1 Å². The molecule has 0 atom stereocenters. The van der Waals surface area contributed by atoms with Crippen LogP contribution in [0.1, 0.15) is 33.5 Å². The van der Waals surface area contributed by atoms with Crippen LogP contribution in [0.25, 0.3) is 0 Å². The number of carbonyl (C=O) groups is 2. The number of aryl methyl sites for hydroxylation is 2. The van der Waals surface area contributed by atoms with E-state index in [1.165, 1.54) is 6.07 Å². The van der Waals surface area contributed by atoms with Gasteiger partial charge in [-0.05, 0) is 61.2 Å². The normalized spacial score (nSPS) is 11.2. The number of sulfone groups is 1. The van der Waals surface area contributed by atoms with E-state index in [9.17, 15) is 18.0 Å². The number of aliphatic carboxylic acids is 1. The van der Waals surface area contributed by atoms with Gasteiger partial charge >= 0.3 is 5.97 Å². The fraction of sp³-hybridized carbons (Fsp3) is 0.263. The molecule has 0 unspecified atom stereocenters. The molecule has 1 amide bonds. The number of rotatable bonds is 6. The van der Waals surface area contributed by atoms with Crippen LogP contribution in [0.3, 0.4) is 0 Å². The van der Waals surface area contributed by atoms with Gasteiger partial charge in [-0.15, -0.1) is 0 Å². The van der Waals surface area contributed by atoms with Crippen molar-refractivity contribution in [1.29, 1.82) is 0 Å². The first-order valence-electron chi connectivity index (χ1n) is 8.01. The maximum absolute atomic E-state index is 12.6. The molecule has 0 heterocycles. The Morgan fingerprint density at radius 1 is 1.08 bits per heavy atom. The van der Waals surface area contributed by atoms with E-state index < -0.39 is 21.7 Å². The molecule has 26 heavy (non-hydrogen) atoms. The molecule has 2 rings (SSSR count). The molecule has 138 valence electrons. The Balaban J connectivity index is 2.22. The molecular formula is C19H21NO5S. The molecule has 0 aliphatic rings. The summed E-state index contributed by atoms with van der Waals surface area (Å²) in [4.78, 5) is 23.3. The van der Waals surface area contributed by atoms with E-state index in [4.69, 9.17) is 5.11 Å². The third-order valence-electron chi connectivity index (χ3n) is 4.15. The van der Waals surface area contributed by atoms with Crippen LogP contribution in [0, 0.1) is 13.8 Å². The Morgan fingerprint density at radius 2 is 1.69 bits per heavy atom. The standard InChI is InChI=1S/C19H21NO5S/c1-12-10-16(26(3,24)25)11-17(13(12)2)19(23)20-15-7-4-14(5-8-15)6-9-18(21)22/h4-5,7-8,10-11H,6,9H2,1-3H3,(H,20,23)(H,21,22). The molecule has 7 heteroatoms.